The fourth-order valence-electron chi connectivity index (χ4n) is 1.83. The Balaban J connectivity index is 1.58. The highest BCUT2D eigenvalue weighted by atomic mass is 32.2. The van der Waals surface area contributed by atoms with Crippen LogP contribution in [0.1, 0.15) is 5.69 Å². The number of anilines is 1. The van der Waals surface area contributed by atoms with E-state index in [1.807, 2.05) is 30.5 Å². The lowest BCUT2D eigenvalue weighted by atomic mass is 10.2. The molecule has 0 saturated carbocycles. The maximum atomic E-state index is 11.9. The van der Waals surface area contributed by atoms with Gasteiger partial charge >= 0.3 is 0 Å². The Labute approximate surface area is 146 Å². The Hall–Kier alpha value is -2.39. The van der Waals surface area contributed by atoms with Gasteiger partial charge in [0.1, 0.15) is 5.75 Å². The molecule has 7 nitrogen and oxygen atoms in total. The average Bonchev–Trinajstić information content (AvgIpc) is 3.22. The van der Waals surface area contributed by atoms with Gasteiger partial charge < -0.3 is 14.5 Å². The molecule has 0 radical (unpaired) electrons. The van der Waals surface area contributed by atoms with Crippen LogP contribution in [0.15, 0.2) is 39.3 Å². The van der Waals surface area contributed by atoms with E-state index >= 15 is 0 Å². The topological polar surface area (TPSA) is 90.1 Å². The van der Waals surface area contributed by atoms with E-state index in [1.165, 1.54) is 23.1 Å². The number of thiazole rings is 1. The molecule has 2 heterocycles. The monoisotopic (exact) mass is 362 g/mol. The van der Waals surface area contributed by atoms with Gasteiger partial charge in [-0.2, -0.15) is 0 Å². The van der Waals surface area contributed by atoms with Gasteiger partial charge in [0.15, 0.2) is 5.13 Å². The summed E-state index contributed by atoms with van der Waals surface area (Å²) in [5.74, 6) is 1.08. The van der Waals surface area contributed by atoms with Crippen LogP contribution in [0.5, 0.6) is 5.75 Å². The fourth-order valence-corrected chi connectivity index (χ4v) is 3.10. The maximum Gasteiger partial charge on any atom is 0.277 e. The summed E-state index contributed by atoms with van der Waals surface area (Å²) in [6.07, 6.45) is 0. The van der Waals surface area contributed by atoms with Crippen LogP contribution in [0.4, 0.5) is 5.13 Å². The van der Waals surface area contributed by atoms with Crippen LogP contribution >= 0.6 is 23.1 Å². The maximum absolute atomic E-state index is 11.9. The average molecular weight is 362 g/mol. The summed E-state index contributed by atoms with van der Waals surface area (Å²) in [5.41, 5.74) is 1.64. The SMILES string of the molecule is COc1cccc(-c2nnc(SCC(=O)Nc3nc(C)cs3)o2)c1. The second-order valence-corrected chi connectivity index (χ2v) is 6.52. The number of aryl methyl sites for hydroxylation is 1. The molecule has 0 atom stereocenters. The van der Waals surface area contributed by atoms with Gasteiger partial charge in [-0.25, -0.2) is 4.98 Å². The van der Waals surface area contributed by atoms with Crippen molar-refractivity contribution in [3.63, 3.8) is 0 Å². The first-order chi connectivity index (χ1) is 11.6. The quantitative estimate of drug-likeness (QED) is 0.673. The number of aromatic nitrogens is 3. The number of methoxy groups -OCH3 is 1. The molecule has 1 aromatic carbocycles. The van der Waals surface area contributed by atoms with E-state index in [-0.39, 0.29) is 11.7 Å². The Morgan fingerprint density at radius 1 is 1.42 bits per heavy atom. The number of hydrogen-bond acceptors (Lipinski definition) is 8. The highest BCUT2D eigenvalue weighted by molar-refractivity contribution is 7.99. The minimum atomic E-state index is -0.171. The molecular weight excluding hydrogens is 348 g/mol. The number of thioether (sulfide) groups is 1. The second-order valence-electron chi connectivity index (χ2n) is 4.74. The van der Waals surface area contributed by atoms with Crippen LogP contribution in [0.3, 0.4) is 0 Å². The van der Waals surface area contributed by atoms with Crippen molar-refractivity contribution in [2.75, 3.05) is 18.2 Å². The lowest BCUT2D eigenvalue weighted by Crippen LogP contribution is -2.13. The zero-order valence-electron chi connectivity index (χ0n) is 13.0. The van der Waals surface area contributed by atoms with Crippen molar-refractivity contribution in [2.45, 2.75) is 12.1 Å². The number of carbonyl (C=O) groups excluding carboxylic acids is 1. The van der Waals surface area contributed by atoms with Crippen LogP contribution in [-0.2, 0) is 4.79 Å². The molecule has 0 aliphatic rings. The number of amides is 1. The molecule has 0 spiro atoms. The molecule has 1 amide bonds. The summed E-state index contributed by atoms with van der Waals surface area (Å²) in [7, 11) is 1.59. The predicted molar refractivity (Wildman–Crippen MR) is 92.5 cm³/mol. The van der Waals surface area contributed by atoms with Gasteiger partial charge in [-0.15, -0.1) is 21.5 Å². The van der Waals surface area contributed by atoms with Crippen molar-refractivity contribution in [2.24, 2.45) is 0 Å². The van der Waals surface area contributed by atoms with E-state index < -0.39 is 0 Å². The summed E-state index contributed by atoms with van der Waals surface area (Å²) in [6, 6.07) is 7.33. The van der Waals surface area contributed by atoms with E-state index in [0.29, 0.717) is 22.0 Å². The van der Waals surface area contributed by atoms with E-state index in [2.05, 4.69) is 20.5 Å². The number of hydrogen-bond donors (Lipinski definition) is 1. The van der Waals surface area contributed by atoms with Gasteiger partial charge in [0, 0.05) is 10.9 Å². The predicted octanol–water partition coefficient (Wildman–Crippen LogP) is 3.24. The minimum Gasteiger partial charge on any atom is -0.497 e. The van der Waals surface area contributed by atoms with E-state index in [1.54, 1.807) is 13.2 Å². The highest BCUT2D eigenvalue weighted by Gasteiger charge is 2.12. The number of nitrogens with one attached hydrogen (secondary N) is 1. The third kappa shape index (κ3) is 4.12. The van der Waals surface area contributed by atoms with E-state index in [0.717, 1.165) is 11.3 Å². The first kappa shape index (κ1) is 16.5. The smallest absolute Gasteiger partial charge is 0.277 e. The van der Waals surface area contributed by atoms with Gasteiger partial charge in [-0.05, 0) is 25.1 Å². The number of carbonyl (C=O) groups is 1. The first-order valence-electron chi connectivity index (χ1n) is 6.97. The van der Waals surface area contributed by atoms with Crippen molar-refractivity contribution < 1.29 is 13.9 Å². The Bertz CT molecular complexity index is 847. The Morgan fingerprint density at radius 2 is 2.29 bits per heavy atom. The molecule has 124 valence electrons. The van der Waals surface area contributed by atoms with Crippen LogP contribution < -0.4 is 10.1 Å². The molecule has 0 aliphatic heterocycles. The van der Waals surface area contributed by atoms with E-state index in [9.17, 15) is 4.79 Å². The second kappa shape index (κ2) is 7.45. The lowest BCUT2D eigenvalue weighted by Gasteiger charge is -2.00. The molecule has 0 bridgehead atoms. The minimum absolute atomic E-state index is 0.165. The largest absolute Gasteiger partial charge is 0.497 e. The van der Waals surface area contributed by atoms with Gasteiger partial charge in [0.2, 0.25) is 11.8 Å². The standard InChI is InChI=1S/C15H14N4O3S2/c1-9-7-23-14(16-9)17-12(20)8-24-15-19-18-13(22-15)10-4-3-5-11(6-10)21-2/h3-7H,8H2,1-2H3,(H,16,17,20). The number of ether oxygens (including phenoxy) is 1. The van der Waals surface area contributed by atoms with Gasteiger partial charge in [-0.1, -0.05) is 17.8 Å². The molecule has 0 fully saturated rings. The van der Waals surface area contributed by atoms with Crippen LogP contribution in [0, 0.1) is 6.92 Å². The first-order valence-corrected chi connectivity index (χ1v) is 8.83. The molecular formula is C15H14N4O3S2. The van der Waals surface area contributed by atoms with Crippen molar-refractivity contribution in [1.82, 2.24) is 15.2 Å². The lowest BCUT2D eigenvalue weighted by molar-refractivity contribution is -0.113. The molecule has 9 heteroatoms. The summed E-state index contributed by atoms with van der Waals surface area (Å²) in [4.78, 5) is 16.1. The van der Waals surface area contributed by atoms with Gasteiger partial charge in [0.25, 0.3) is 5.22 Å². The third-order valence-electron chi connectivity index (χ3n) is 2.92. The van der Waals surface area contributed by atoms with Crippen molar-refractivity contribution in [3.05, 3.63) is 35.3 Å². The Kier molecular flexibility index (Phi) is 5.11. The van der Waals surface area contributed by atoms with Crippen molar-refractivity contribution in [3.8, 4) is 17.2 Å². The summed E-state index contributed by atoms with van der Waals surface area (Å²) < 4.78 is 10.7. The van der Waals surface area contributed by atoms with Crippen LogP contribution in [0.25, 0.3) is 11.5 Å². The summed E-state index contributed by atoms with van der Waals surface area (Å²) in [6.45, 7) is 1.87. The van der Waals surface area contributed by atoms with Crippen LogP contribution in [0.2, 0.25) is 0 Å². The fraction of sp³-hybridized carbons (Fsp3) is 0.200. The molecule has 3 aromatic rings. The zero-order valence-corrected chi connectivity index (χ0v) is 14.6. The molecule has 0 aliphatic carbocycles. The molecule has 2 aromatic heterocycles. The van der Waals surface area contributed by atoms with Gasteiger partial charge in [0.05, 0.1) is 18.6 Å². The van der Waals surface area contributed by atoms with Crippen LogP contribution in [-0.4, -0.2) is 34.0 Å². The molecule has 3 rings (SSSR count). The van der Waals surface area contributed by atoms with Gasteiger partial charge in [-0.3, -0.25) is 4.79 Å². The molecule has 0 unspecified atom stereocenters. The number of benzene rings is 1. The number of rotatable bonds is 6. The summed E-state index contributed by atoms with van der Waals surface area (Å²) >= 11 is 2.56. The summed E-state index contributed by atoms with van der Waals surface area (Å²) in [5, 5.41) is 13.5. The Morgan fingerprint density at radius 3 is 3.04 bits per heavy atom. The zero-order chi connectivity index (χ0) is 16.9. The molecule has 1 N–H and O–H groups in total. The van der Waals surface area contributed by atoms with Crippen molar-refractivity contribution >= 4 is 34.1 Å². The third-order valence-corrected chi connectivity index (χ3v) is 4.61. The molecule has 24 heavy (non-hydrogen) atoms. The highest BCUT2D eigenvalue weighted by Crippen LogP contribution is 2.26. The van der Waals surface area contributed by atoms with Crippen molar-refractivity contribution in [1.29, 1.82) is 0 Å². The normalized spacial score (nSPS) is 10.6. The number of nitrogens with zero attached hydrogens (tertiary/aromatic N) is 3. The molecule has 0 saturated heterocycles. The van der Waals surface area contributed by atoms with E-state index in [4.69, 9.17) is 9.15 Å².